The van der Waals surface area contributed by atoms with E-state index in [1.807, 2.05) is 30.0 Å². The number of piperidine rings is 1. The SMILES string of the molecule is C/C=C/C=C/C(=O)N1CCC2(C=Cc3cc(-c4ccccc4)ccc3O2)CC1. The maximum absolute atomic E-state index is 12.3. The Kier molecular flexibility index (Phi) is 5.16. The van der Waals surface area contributed by atoms with Crippen LogP contribution < -0.4 is 4.74 Å². The number of hydrogen-bond acceptors (Lipinski definition) is 2. The van der Waals surface area contributed by atoms with Crippen LogP contribution in [-0.2, 0) is 4.79 Å². The Labute approximate surface area is 166 Å². The number of carbonyl (C=O) groups excluding carboxylic acids is 1. The van der Waals surface area contributed by atoms with E-state index in [4.69, 9.17) is 4.74 Å². The third-order valence-electron chi connectivity index (χ3n) is 5.46. The molecule has 2 aliphatic heterocycles. The van der Waals surface area contributed by atoms with Crippen molar-refractivity contribution in [3.8, 4) is 16.9 Å². The average Bonchev–Trinajstić information content (AvgIpc) is 2.75. The van der Waals surface area contributed by atoms with Crippen molar-refractivity contribution in [2.75, 3.05) is 13.1 Å². The van der Waals surface area contributed by atoms with Crippen LogP contribution in [0.3, 0.4) is 0 Å². The van der Waals surface area contributed by atoms with E-state index in [0.717, 1.165) is 24.2 Å². The van der Waals surface area contributed by atoms with Gasteiger partial charge in [0, 0.05) is 37.6 Å². The van der Waals surface area contributed by atoms with Crippen LogP contribution in [0.2, 0.25) is 0 Å². The summed E-state index contributed by atoms with van der Waals surface area (Å²) >= 11 is 0. The summed E-state index contributed by atoms with van der Waals surface area (Å²) in [5.41, 5.74) is 3.21. The molecule has 3 nitrogen and oxygen atoms in total. The summed E-state index contributed by atoms with van der Waals surface area (Å²) in [5, 5.41) is 0. The third-order valence-corrected chi connectivity index (χ3v) is 5.46. The predicted octanol–water partition coefficient (Wildman–Crippen LogP) is 5.25. The predicted molar refractivity (Wildman–Crippen MR) is 114 cm³/mol. The number of nitrogens with zero attached hydrogens (tertiary/aromatic N) is 1. The molecule has 2 aromatic rings. The number of benzene rings is 2. The van der Waals surface area contributed by atoms with Crippen molar-refractivity contribution in [2.45, 2.75) is 25.4 Å². The van der Waals surface area contributed by atoms with Crippen LogP contribution in [0.1, 0.15) is 25.3 Å². The molecule has 2 heterocycles. The minimum Gasteiger partial charge on any atom is -0.482 e. The van der Waals surface area contributed by atoms with Crippen LogP contribution >= 0.6 is 0 Å². The number of ether oxygens (including phenoxy) is 1. The molecule has 3 heteroatoms. The van der Waals surface area contributed by atoms with Crippen molar-refractivity contribution in [1.29, 1.82) is 0 Å². The second-order valence-electron chi connectivity index (χ2n) is 7.33. The number of rotatable bonds is 3. The van der Waals surface area contributed by atoms with Gasteiger partial charge in [0.15, 0.2) is 0 Å². The highest BCUT2D eigenvalue weighted by molar-refractivity contribution is 5.88. The van der Waals surface area contributed by atoms with Gasteiger partial charge in [-0.3, -0.25) is 4.79 Å². The van der Waals surface area contributed by atoms with Crippen molar-refractivity contribution in [2.24, 2.45) is 0 Å². The molecule has 0 aliphatic carbocycles. The zero-order chi connectivity index (χ0) is 19.4. The van der Waals surface area contributed by atoms with Crippen LogP contribution in [0, 0.1) is 0 Å². The Morgan fingerprint density at radius 2 is 1.82 bits per heavy atom. The zero-order valence-electron chi connectivity index (χ0n) is 16.2. The maximum Gasteiger partial charge on any atom is 0.246 e. The van der Waals surface area contributed by atoms with E-state index < -0.39 is 0 Å². The molecule has 0 aromatic heterocycles. The summed E-state index contributed by atoms with van der Waals surface area (Å²) in [4.78, 5) is 14.2. The summed E-state index contributed by atoms with van der Waals surface area (Å²) < 4.78 is 6.42. The van der Waals surface area contributed by atoms with E-state index in [1.54, 1.807) is 12.2 Å². The van der Waals surface area contributed by atoms with Crippen molar-refractivity contribution >= 4 is 12.0 Å². The topological polar surface area (TPSA) is 29.5 Å². The molecule has 0 atom stereocenters. The van der Waals surface area contributed by atoms with Crippen LogP contribution in [0.15, 0.2) is 78.9 Å². The number of fused-ring (bicyclic) bond motifs is 1. The van der Waals surface area contributed by atoms with Crippen molar-refractivity contribution in [1.82, 2.24) is 4.90 Å². The van der Waals surface area contributed by atoms with Crippen molar-refractivity contribution < 1.29 is 9.53 Å². The van der Waals surface area contributed by atoms with Crippen molar-refractivity contribution in [3.05, 3.63) is 84.5 Å². The monoisotopic (exact) mass is 371 g/mol. The normalized spacial score (nSPS) is 17.8. The Bertz CT molecular complexity index is 932. The van der Waals surface area contributed by atoms with Gasteiger partial charge in [-0.05, 0) is 36.3 Å². The van der Waals surface area contributed by atoms with Gasteiger partial charge in [0.25, 0.3) is 0 Å². The molecule has 2 aromatic carbocycles. The lowest BCUT2D eigenvalue weighted by molar-refractivity contribution is -0.128. The minimum atomic E-state index is -0.301. The smallest absolute Gasteiger partial charge is 0.246 e. The molecule has 0 N–H and O–H groups in total. The molecule has 0 saturated carbocycles. The molecular formula is C25H25NO2. The first-order chi connectivity index (χ1) is 13.7. The van der Waals surface area contributed by atoms with E-state index in [-0.39, 0.29) is 11.5 Å². The molecule has 0 unspecified atom stereocenters. The molecule has 0 bridgehead atoms. The van der Waals surface area contributed by atoms with Gasteiger partial charge < -0.3 is 9.64 Å². The second kappa shape index (κ2) is 7.89. The van der Waals surface area contributed by atoms with E-state index in [1.165, 1.54) is 11.1 Å². The fourth-order valence-electron chi connectivity index (χ4n) is 3.81. The number of likely N-dealkylation sites (tertiary alicyclic amines) is 1. The fraction of sp³-hybridized carbons (Fsp3) is 0.240. The minimum absolute atomic E-state index is 0.0700. The lowest BCUT2D eigenvalue weighted by atomic mass is 9.87. The molecule has 28 heavy (non-hydrogen) atoms. The number of amides is 1. The van der Waals surface area contributed by atoms with Crippen LogP contribution in [0.25, 0.3) is 17.2 Å². The standard InChI is InChI=1S/C25H25NO2/c1-2-3-5-10-24(27)26-17-15-25(16-18-26)14-13-22-19-21(11-12-23(22)28-25)20-8-6-4-7-9-20/h2-14,19H,15-18H2,1H3/b3-2+,10-5+. The van der Waals surface area contributed by atoms with Gasteiger partial charge >= 0.3 is 0 Å². The van der Waals surface area contributed by atoms with Crippen LogP contribution in [-0.4, -0.2) is 29.5 Å². The highest BCUT2D eigenvalue weighted by Crippen LogP contribution is 2.38. The number of allylic oxidation sites excluding steroid dienone is 3. The number of carbonyl (C=O) groups is 1. The molecule has 1 fully saturated rings. The Balaban J connectivity index is 1.45. The first-order valence-electron chi connectivity index (χ1n) is 9.85. The van der Waals surface area contributed by atoms with Gasteiger partial charge in [0.2, 0.25) is 5.91 Å². The maximum atomic E-state index is 12.3. The summed E-state index contributed by atoms with van der Waals surface area (Å²) in [6.07, 6.45) is 13.2. The largest absolute Gasteiger partial charge is 0.482 e. The summed E-state index contributed by atoms with van der Waals surface area (Å²) in [6.45, 7) is 3.36. The zero-order valence-corrected chi connectivity index (χ0v) is 16.2. The third kappa shape index (κ3) is 3.79. The lowest BCUT2D eigenvalue weighted by Crippen LogP contribution is -2.49. The van der Waals surface area contributed by atoms with Gasteiger partial charge in [-0.25, -0.2) is 0 Å². The van der Waals surface area contributed by atoms with Gasteiger partial charge in [-0.2, -0.15) is 0 Å². The summed E-state index contributed by atoms with van der Waals surface area (Å²) in [7, 11) is 0. The number of hydrogen-bond donors (Lipinski definition) is 0. The van der Waals surface area contributed by atoms with Gasteiger partial charge in [0.1, 0.15) is 11.4 Å². The molecular weight excluding hydrogens is 346 g/mol. The molecule has 2 aliphatic rings. The van der Waals surface area contributed by atoms with Crippen LogP contribution in [0.5, 0.6) is 5.75 Å². The quantitative estimate of drug-likeness (QED) is 0.544. The van der Waals surface area contributed by atoms with E-state index >= 15 is 0 Å². The van der Waals surface area contributed by atoms with Gasteiger partial charge in [-0.15, -0.1) is 0 Å². The average molecular weight is 371 g/mol. The first kappa shape index (κ1) is 18.3. The summed E-state index contributed by atoms with van der Waals surface area (Å²) in [6, 6.07) is 16.7. The summed E-state index contributed by atoms with van der Waals surface area (Å²) in [5.74, 6) is 0.996. The van der Waals surface area contributed by atoms with Crippen LogP contribution in [0.4, 0.5) is 0 Å². The molecule has 4 rings (SSSR count). The molecule has 1 spiro atoms. The van der Waals surface area contributed by atoms with E-state index in [9.17, 15) is 4.79 Å². The van der Waals surface area contributed by atoms with E-state index in [2.05, 4.69) is 54.6 Å². The van der Waals surface area contributed by atoms with E-state index in [0.29, 0.717) is 13.1 Å². The Morgan fingerprint density at radius 1 is 1.04 bits per heavy atom. The second-order valence-corrected chi connectivity index (χ2v) is 7.33. The highest BCUT2D eigenvalue weighted by Gasteiger charge is 2.37. The Hall–Kier alpha value is -3.07. The first-order valence-corrected chi connectivity index (χ1v) is 9.85. The lowest BCUT2D eigenvalue weighted by Gasteiger charge is -2.41. The fourth-order valence-corrected chi connectivity index (χ4v) is 3.81. The van der Waals surface area contributed by atoms with Gasteiger partial charge in [-0.1, -0.05) is 60.7 Å². The molecule has 1 amide bonds. The Morgan fingerprint density at radius 3 is 2.57 bits per heavy atom. The molecule has 0 radical (unpaired) electrons. The van der Waals surface area contributed by atoms with Crippen molar-refractivity contribution in [3.63, 3.8) is 0 Å². The molecule has 142 valence electrons. The van der Waals surface area contributed by atoms with Gasteiger partial charge in [0.05, 0.1) is 0 Å². The highest BCUT2D eigenvalue weighted by atomic mass is 16.5. The molecule has 1 saturated heterocycles.